The van der Waals surface area contributed by atoms with Gasteiger partial charge in [0.15, 0.2) is 5.16 Å². The summed E-state index contributed by atoms with van der Waals surface area (Å²) in [6.45, 7) is 2.34. The minimum Gasteiger partial charge on any atom is -0.478 e. The second-order valence-corrected chi connectivity index (χ2v) is 4.34. The normalized spacial score (nSPS) is 10.5. The number of aromatic nitrogens is 4. The number of aromatic carboxylic acids is 1. The van der Waals surface area contributed by atoms with Crippen molar-refractivity contribution < 1.29 is 9.90 Å². The first-order valence-electron chi connectivity index (χ1n) is 5.14. The molecule has 0 aliphatic rings. The second kappa shape index (κ2) is 5.05. The number of aromatic amines is 1. The number of pyridine rings is 1. The number of H-pyrrole nitrogens is 1. The van der Waals surface area contributed by atoms with E-state index in [1.54, 1.807) is 6.07 Å². The Labute approximate surface area is 106 Å². The van der Waals surface area contributed by atoms with Gasteiger partial charge in [0.1, 0.15) is 5.03 Å². The quantitative estimate of drug-likeness (QED) is 0.850. The Morgan fingerprint density at radius 2 is 2.33 bits per heavy atom. The molecule has 2 N–H and O–H groups in total. The molecule has 2 heterocycles. The van der Waals surface area contributed by atoms with E-state index in [9.17, 15) is 9.59 Å². The highest BCUT2D eigenvalue weighted by molar-refractivity contribution is 7.99. The van der Waals surface area contributed by atoms with Crippen LogP contribution in [0, 0.1) is 0 Å². The third-order valence-electron chi connectivity index (χ3n) is 2.22. The summed E-state index contributed by atoms with van der Waals surface area (Å²) in [4.78, 5) is 26.0. The molecule has 0 saturated heterocycles. The molecule has 0 fully saturated rings. The van der Waals surface area contributed by atoms with E-state index < -0.39 is 5.97 Å². The van der Waals surface area contributed by atoms with E-state index in [0.29, 0.717) is 16.7 Å². The number of nitrogens with one attached hydrogen (secondary N) is 1. The van der Waals surface area contributed by atoms with Gasteiger partial charge in [0.05, 0.1) is 5.56 Å². The van der Waals surface area contributed by atoms with Gasteiger partial charge >= 0.3 is 11.7 Å². The molecular formula is C10H10N4O3S. The lowest BCUT2D eigenvalue weighted by Gasteiger charge is -2.01. The van der Waals surface area contributed by atoms with Crippen molar-refractivity contribution in [1.29, 1.82) is 0 Å². The summed E-state index contributed by atoms with van der Waals surface area (Å²) in [5.41, 5.74) is -0.156. The van der Waals surface area contributed by atoms with Gasteiger partial charge in [0, 0.05) is 12.7 Å². The number of nitrogens with zero attached hydrogens (tertiary/aromatic N) is 3. The highest BCUT2D eigenvalue weighted by Crippen LogP contribution is 2.22. The number of carboxylic acid groups (broad SMARTS) is 1. The second-order valence-electron chi connectivity index (χ2n) is 3.35. The summed E-state index contributed by atoms with van der Waals surface area (Å²) < 4.78 is 1.47. The summed E-state index contributed by atoms with van der Waals surface area (Å²) in [5.74, 6) is -1.02. The van der Waals surface area contributed by atoms with Crippen molar-refractivity contribution in [3.63, 3.8) is 0 Å². The van der Waals surface area contributed by atoms with Gasteiger partial charge in [-0.3, -0.25) is 4.57 Å². The summed E-state index contributed by atoms with van der Waals surface area (Å²) >= 11 is 1.20. The molecule has 0 spiro atoms. The summed E-state index contributed by atoms with van der Waals surface area (Å²) in [5, 5.41) is 16.0. The van der Waals surface area contributed by atoms with Crippen molar-refractivity contribution in [2.24, 2.45) is 0 Å². The Morgan fingerprint density at radius 1 is 1.56 bits per heavy atom. The summed E-state index contributed by atoms with van der Waals surface area (Å²) in [7, 11) is 0. The van der Waals surface area contributed by atoms with Crippen LogP contribution < -0.4 is 5.69 Å². The van der Waals surface area contributed by atoms with Crippen LogP contribution in [0.1, 0.15) is 17.3 Å². The van der Waals surface area contributed by atoms with Crippen LogP contribution in [-0.2, 0) is 6.54 Å². The van der Waals surface area contributed by atoms with Gasteiger partial charge in [-0.1, -0.05) is 0 Å². The van der Waals surface area contributed by atoms with Crippen molar-refractivity contribution in [2.45, 2.75) is 23.7 Å². The summed E-state index contributed by atoms with van der Waals surface area (Å²) in [6, 6.07) is 3.03. The van der Waals surface area contributed by atoms with E-state index in [4.69, 9.17) is 5.11 Å². The molecule has 0 saturated carbocycles. The Morgan fingerprint density at radius 3 is 2.89 bits per heavy atom. The van der Waals surface area contributed by atoms with E-state index in [-0.39, 0.29) is 11.3 Å². The molecule has 8 heteroatoms. The molecule has 0 atom stereocenters. The standard InChI is InChI=1S/C10H10N4O3S/c1-2-14-9(17)12-13-10(14)18-7-4-3-6(5-11-7)8(15)16/h3-5H,2H2,1H3,(H,12,17)(H,15,16). The van der Waals surface area contributed by atoms with Crippen LogP contribution in [-0.4, -0.2) is 30.8 Å². The van der Waals surface area contributed by atoms with E-state index >= 15 is 0 Å². The van der Waals surface area contributed by atoms with E-state index in [2.05, 4.69) is 15.2 Å². The van der Waals surface area contributed by atoms with Crippen LogP contribution in [0.5, 0.6) is 0 Å². The van der Waals surface area contributed by atoms with Gasteiger partial charge in [-0.15, -0.1) is 5.10 Å². The molecule has 0 unspecified atom stereocenters. The predicted octanol–water partition coefficient (Wildman–Crippen LogP) is 0.836. The van der Waals surface area contributed by atoms with Gasteiger partial charge < -0.3 is 5.11 Å². The van der Waals surface area contributed by atoms with Crippen LogP contribution in [0.25, 0.3) is 0 Å². The average molecular weight is 266 g/mol. The number of hydrogen-bond donors (Lipinski definition) is 2. The van der Waals surface area contributed by atoms with Crippen molar-refractivity contribution in [3.8, 4) is 0 Å². The van der Waals surface area contributed by atoms with Crippen molar-refractivity contribution in [1.82, 2.24) is 19.7 Å². The molecule has 2 rings (SSSR count). The molecule has 0 aliphatic heterocycles. The minimum atomic E-state index is -1.02. The Balaban J connectivity index is 2.23. The van der Waals surface area contributed by atoms with Crippen molar-refractivity contribution in [2.75, 3.05) is 0 Å². The van der Waals surface area contributed by atoms with Gasteiger partial charge in [0.2, 0.25) is 0 Å². The lowest BCUT2D eigenvalue weighted by atomic mass is 10.3. The molecule has 2 aromatic rings. The minimum absolute atomic E-state index is 0.120. The molecule has 0 aromatic carbocycles. The Bertz CT molecular complexity index is 617. The van der Waals surface area contributed by atoms with Gasteiger partial charge in [0.25, 0.3) is 0 Å². The zero-order chi connectivity index (χ0) is 13.1. The molecule has 7 nitrogen and oxygen atoms in total. The highest BCUT2D eigenvalue weighted by Gasteiger charge is 2.10. The Kier molecular flexibility index (Phi) is 3.47. The molecule has 0 radical (unpaired) electrons. The molecule has 2 aromatic heterocycles. The molecule has 94 valence electrons. The fraction of sp³-hybridized carbons (Fsp3) is 0.200. The molecule has 0 aliphatic carbocycles. The number of hydrogen-bond acceptors (Lipinski definition) is 5. The molecular weight excluding hydrogens is 256 g/mol. The number of rotatable bonds is 4. The first-order chi connectivity index (χ1) is 8.61. The van der Waals surface area contributed by atoms with Crippen LogP contribution >= 0.6 is 11.8 Å². The third kappa shape index (κ3) is 2.43. The number of carbonyl (C=O) groups is 1. The van der Waals surface area contributed by atoms with Crippen LogP contribution in [0.15, 0.2) is 33.3 Å². The Hall–Kier alpha value is -2.09. The van der Waals surface area contributed by atoms with Gasteiger partial charge in [-0.2, -0.15) is 0 Å². The van der Waals surface area contributed by atoms with Crippen LogP contribution in [0.4, 0.5) is 0 Å². The number of carboxylic acids is 1. The zero-order valence-electron chi connectivity index (χ0n) is 9.45. The first-order valence-corrected chi connectivity index (χ1v) is 5.96. The van der Waals surface area contributed by atoms with E-state index in [0.717, 1.165) is 0 Å². The van der Waals surface area contributed by atoms with Crippen LogP contribution in [0.2, 0.25) is 0 Å². The lowest BCUT2D eigenvalue weighted by Crippen LogP contribution is -2.16. The fourth-order valence-electron chi connectivity index (χ4n) is 1.32. The average Bonchev–Trinajstić information content (AvgIpc) is 2.70. The van der Waals surface area contributed by atoms with Crippen LogP contribution in [0.3, 0.4) is 0 Å². The molecule has 0 amide bonds. The van der Waals surface area contributed by atoms with Gasteiger partial charge in [-0.25, -0.2) is 19.7 Å². The maximum absolute atomic E-state index is 11.3. The maximum atomic E-state index is 11.3. The van der Waals surface area contributed by atoms with Crippen molar-refractivity contribution in [3.05, 3.63) is 34.4 Å². The first kappa shape index (κ1) is 12.4. The van der Waals surface area contributed by atoms with Crippen molar-refractivity contribution >= 4 is 17.7 Å². The highest BCUT2D eigenvalue weighted by atomic mass is 32.2. The largest absolute Gasteiger partial charge is 0.478 e. The van der Waals surface area contributed by atoms with Gasteiger partial charge in [-0.05, 0) is 30.8 Å². The maximum Gasteiger partial charge on any atom is 0.343 e. The van der Waals surface area contributed by atoms with E-state index in [1.165, 1.54) is 28.6 Å². The smallest absolute Gasteiger partial charge is 0.343 e. The topological polar surface area (TPSA) is 101 Å². The van der Waals surface area contributed by atoms with E-state index in [1.807, 2.05) is 6.92 Å². The zero-order valence-corrected chi connectivity index (χ0v) is 10.3. The summed E-state index contributed by atoms with van der Waals surface area (Å²) in [6.07, 6.45) is 1.27. The SMILES string of the molecule is CCn1c(Sc2ccc(C(=O)O)cn2)n[nH]c1=O. The molecule has 0 bridgehead atoms. The fourth-order valence-corrected chi connectivity index (χ4v) is 2.16. The monoisotopic (exact) mass is 266 g/mol. The lowest BCUT2D eigenvalue weighted by molar-refractivity contribution is 0.0696. The predicted molar refractivity (Wildman–Crippen MR) is 63.8 cm³/mol. The third-order valence-corrected chi connectivity index (χ3v) is 3.16. The molecule has 18 heavy (non-hydrogen) atoms.